The highest BCUT2D eigenvalue weighted by Gasteiger charge is 2.27. The Kier molecular flexibility index (Phi) is 4.58. The molecule has 106 valence electrons. The van der Waals surface area contributed by atoms with Gasteiger partial charge in [-0.05, 0) is 18.8 Å². The van der Waals surface area contributed by atoms with Crippen molar-refractivity contribution in [3.05, 3.63) is 11.9 Å². The third-order valence-electron chi connectivity index (χ3n) is 3.17. The summed E-state index contributed by atoms with van der Waals surface area (Å²) >= 11 is 0. The van der Waals surface area contributed by atoms with E-state index in [-0.39, 0.29) is 0 Å². The Morgan fingerprint density at radius 3 is 2.74 bits per heavy atom. The number of nitrogens with zero attached hydrogens (tertiary/aromatic N) is 3. The molecule has 19 heavy (non-hydrogen) atoms. The summed E-state index contributed by atoms with van der Waals surface area (Å²) in [6.45, 7) is 6.87. The SMILES string of the molecule is COCCN(CC(C)C)c1cc(N)nc(C2CC2)n1. The van der Waals surface area contributed by atoms with E-state index in [1.807, 2.05) is 6.07 Å². The van der Waals surface area contributed by atoms with Crippen LogP contribution in [0.1, 0.15) is 38.4 Å². The van der Waals surface area contributed by atoms with Crippen LogP contribution in [0.15, 0.2) is 6.07 Å². The van der Waals surface area contributed by atoms with Crippen molar-refractivity contribution in [3.8, 4) is 0 Å². The molecular weight excluding hydrogens is 240 g/mol. The number of hydrogen-bond donors (Lipinski definition) is 1. The first-order valence-electron chi connectivity index (χ1n) is 6.98. The largest absolute Gasteiger partial charge is 0.384 e. The van der Waals surface area contributed by atoms with Crippen LogP contribution < -0.4 is 10.6 Å². The Morgan fingerprint density at radius 2 is 2.16 bits per heavy atom. The molecular formula is C14H24N4O. The number of anilines is 2. The average Bonchev–Trinajstić information content (AvgIpc) is 3.17. The van der Waals surface area contributed by atoms with Gasteiger partial charge >= 0.3 is 0 Å². The second kappa shape index (κ2) is 6.19. The van der Waals surface area contributed by atoms with Crippen LogP contribution in [0.3, 0.4) is 0 Å². The fourth-order valence-corrected chi connectivity index (χ4v) is 2.10. The summed E-state index contributed by atoms with van der Waals surface area (Å²) in [5.41, 5.74) is 5.91. The number of methoxy groups -OCH3 is 1. The van der Waals surface area contributed by atoms with Gasteiger partial charge in [0.25, 0.3) is 0 Å². The van der Waals surface area contributed by atoms with Crippen molar-refractivity contribution in [2.45, 2.75) is 32.6 Å². The smallest absolute Gasteiger partial charge is 0.136 e. The van der Waals surface area contributed by atoms with Crippen LogP contribution in [-0.4, -0.2) is 36.8 Å². The minimum absolute atomic E-state index is 0.519. The lowest BCUT2D eigenvalue weighted by Gasteiger charge is -2.25. The number of rotatable bonds is 7. The molecule has 2 rings (SSSR count). The number of hydrogen-bond acceptors (Lipinski definition) is 5. The summed E-state index contributed by atoms with van der Waals surface area (Å²) < 4.78 is 5.18. The first-order valence-corrected chi connectivity index (χ1v) is 6.98. The van der Waals surface area contributed by atoms with Gasteiger partial charge in [-0.1, -0.05) is 13.8 Å². The molecule has 0 unspecified atom stereocenters. The fraction of sp³-hybridized carbons (Fsp3) is 0.714. The quantitative estimate of drug-likeness (QED) is 0.816. The third kappa shape index (κ3) is 4.06. The van der Waals surface area contributed by atoms with Gasteiger partial charge in [-0.15, -0.1) is 0 Å². The van der Waals surface area contributed by atoms with Gasteiger partial charge < -0.3 is 15.4 Å². The molecule has 0 aromatic carbocycles. The van der Waals surface area contributed by atoms with Gasteiger partial charge in [0.15, 0.2) is 0 Å². The third-order valence-corrected chi connectivity index (χ3v) is 3.17. The number of ether oxygens (including phenoxy) is 1. The van der Waals surface area contributed by atoms with Crippen molar-refractivity contribution in [2.24, 2.45) is 5.92 Å². The van der Waals surface area contributed by atoms with Crippen molar-refractivity contribution in [1.29, 1.82) is 0 Å². The van der Waals surface area contributed by atoms with Crippen molar-refractivity contribution in [1.82, 2.24) is 9.97 Å². The summed E-state index contributed by atoms with van der Waals surface area (Å²) in [6, 6.07) is 1.86. The maximum Gasteiger partial charge on any atom is 0.136 e. The van der Waals surface area contributed by atoms with E-state index in [1.165, 1.54) is 12.8 Å². The van der Waals surface area contributed by atoms with Crippen LogP contribution in [0, 0.1) is 5.92 Å². The Morgan fingerprint density at radius 1 is 1.42 bits per heavy atom. The number of aromatic nitrogens is 2. The van der Waals surface area contributed by atoms with Gasteiger partial charge in [-0.2, -0.15) is 0 Å². The van der Waals surface area contributed by atoms with E-state index in [9.17, 15) is 0 Å². The summed E-state index contributed by atoms with van der Waals surface area (Å²) in [7, 11) is 1.72. The van der Waals surface area contributed by atoms with Gasteiger partial charge in [0.1, 0.15) is 17.5 Å². The molecule has 0 saturated heterocycles. The summed E-state index contributed by atoms with van der Waals surface area (Å²) in [5.74, 6) is 3.49. The minimum Gasteiger partial charge on any atom is -0.384 e. The molecule has 0 amide bonds. The Balaban J connectivity index is 2.18. The first-order chi connectivity index (χ1) is 9.10. The van der Waals surface area contributed by atoms with Crippen LogP contribution >= 0.6 is 0 Å². The highest BCUT2D eigenvalue weighted by Crippen LogP contribution is 2.38. The maximum absolute atomic E-state index is 5.91. The second-order valence-electron chi connectivity index (χ2n) is 5.62. The molecule has 1 aliphatic carbocycles. The summed E-state index contributed by atoms with van der Waals surface area (Å²) in [5, 5.41) is 0. The summed E-state index contributed by atoms with van der Waals surface area (Å²) in [6.07, 6.45) is 2.37. The average molecular weight is 264 g/mol. The minimum atomic E-state index is 0.519. The lowest BCUT2D eigenvalue weighted by Crippen LogP contribution is -2.32. The molecule has 1 aromatic rings. The zero-order chi connectivity index (χ0) is 13.8. The van der Waals surface area contributed by atoms with Crippen LogP contribution in [0.5, 0.6) is 0 Å². The zero-order valence-electron chi connectivity index (χ0n) is 12.1. The van der Waals surface area contributed by atoms with Gasteiger partial charge in [-0.25, -0.2) is 9.97 Å². The van der Waals surface area contributed by atoms with Gasteiger partial charge in [0.05, 0.1) is 6.61 Å². The van der Waals surface area contributed by atoms with Gasteiger partial charge in [0, 0.05) is 32.2 Å². The summed E-state index contributed by atoms with van der Waals surface area (Å²) in [4.78, 5) is 11.3. The second-order valence-corrected chi connectivity index (χ2v) is 5.62. The van der Waals surface area contributed by atoms with Crippen molar-refractivity contribution < 1.29 is 4.74 Å². The van der Waals surface area contributed by atoms with Gasteiger partial charge in [0.2, 0.25) is 0 Å². The molecule has 1 aromatic heterocycles. The number of nitrogens with two attached hydrogens (primary N) is 1. The molecule has 0 aliphatic heterocycles. The molecule has 2 N–H and O–H groups in total. The van der Waals surface area contributed by atoms with E-state index in [1.54, 1.807) is 7.11 Å². The van der Waals surface area contributed by atoms with Crippen molar-refractivity contribution in [3.63, 3.8) is 0 Å². The molecule has 0 bridgehead atoms. The highest BCUT2D eigenvalue weighted by atomic mass is 16.5. The lowest BCUT2D eigenvalue weighted by atomic mass is 10.2. The molecule has 0 atom stereocenters. The molecule has 1 fully saturated rings. The van der Waals surface area contributed by atoms with Crippen LogP contribution in [-0.2, 0) is 4.74 Å². The molecule has 1 saturated carbocycles. The van der Waals surface area contributed by atoms with Gasteiger partial charge in [-0.3, -0.25) is 0 Å². The van der Waals surface area contributed by atoms with E-state index in [4.69, 9.17) is 10.5 Å². The van der Waals surface area contributed by atoms with Crippen LogP contribution in [0.4, 0.5) is 11.6 Å². The van der Waals surface area contributed by atoms with Crippen molar-refractivity contribution >= 4 is 11.6 Å². The molecule has 1 heterocycles. The molecule has 5 heteroatoms. The first kappa shape index (κ1) is 14.1. The Hall–Kier alpha value is -1.36. The van der Waals surface area contributed by atoms with Crippen LogP contribution in [0.2, 0.25) is 0 Å². The van der Waals surface area contributed by atoms with E-state index in [0.29, 0.717) is 24.3 Å². The topological polar surface area (TPSA) is 64.3 Å². The highest BCUT2D eigenvalue weighted by molar-refractivity contribution is 5.47. The van der Waals surface area contributed by atoms with E-state index in [0.717, 1.165) is 24.7 Å². The molecule has 5 nitrogen and oxygen atoms in total. The Bertz CT molecular complexity index is 418. The van der Waals surface area contributed by atoms with E-state index >= 15 is 0 Å². The standard InChI is InChI=1S/C14H24N4O/c1-10(2)9-18(6-7-19-3)13-8-12(15)16-14(17-13)11-4-5-11/h8,10-11H,4-7,9H2,1-3H3,(H2,15,16,17). The number of nitrogen functional groups attached to an aromatic ring is 1. The normalized spacial score (nSPS) is 14.9. The molecule has 0 radical (unpaired) electrons. The fourth-order valence-electron chi connectivity index (χ4n) is 2.10. The molecule has 0 spiro atoms. The van der Waals surface area contributed by atoms with Crippen molar-refractivity contribution in [2.75, 3.05) is 37.4 Å². The predicted molar refractivity (Wildman–Crippen MR) is 77.3 cm³/mol. The Labute approximate surface area is 115 Å². The molecule has 1 aliphatic rings. The van der Waals surface area contributed by atoms with E-state index < -0.39 is 0 Å². The zero-order valence-corrected chi connectivity index (χ0v) is 12.1. The monoisotopic (exact) mass is 264 g/mol. The maximum atomic E-state index is 5.91. The predicted octanol–water partition coefficient (Wildman–Crippen LogP) is 2.04. The van der Waals surface area contributed by atoms with E-state index in [2.05, 4.69) is 28.7 Å². The lowest BCUT2D eigenvalue weighted by molar-refractivity contribution is 0.204. The van der Waals surface area contributed by atoms with Crippen LogP contribution in [0.25, 0.3) is 0 Å².